The minimum absolute atomic E-state index is 0.257. The first-order valence-electron chi connectivity index (χ1n) is 8.76. The molecule has 0 bridgehead atoms. The highest BCUT2D eigenvalue weighted by Gasteiger charge is 2.17. The molecule has 0 radical (unpaired) electrons. The van der Waals surface area contributed by atoms with Gasteiger partial charge >= 0.3 is 0 Å². The van der Waals surface area contributed by atoms with Gasteiger partial charge in [0.2, 0.25) is 0 Å². The molecule has 1 aliphatic rings. The Morgan fingerprint density at radius 3 is 2.79 bits per heavy atom. The summed E-state index contributed by atoms with van der Waals surface area (Å²) >= 11 is 0. The van der Waals surface area contributed by atoms with Crippen molar-refractivity contribution in [2.45, 2.75) is 6.92 Å². The van der Waals surface area contributed by atoms with Crippen molar-refractivity contribution in [2.24, 2.45) is 0 Å². The van der Waals surface area contributed by atoms with Crippen LogP contribution in [-0.2, 0) is 0 Å². The predicted molar refractivity (Wildman–Crippen MR) is 109 cm³/mol. The van der Waals surface area contributed by atoms with Crippen molar-refractivity contribution >= 4 is 23.4 Å². The number of anilines is 1. The lowest BCUT2D eigenvalue weighted by molar-refractivity contribution is 0.102. The number of hydrogen-bond acceptors (Lipinski definition) is 5. The number of rotatable bonds is 4. The maximum absolute atomic E-state index is 12.8. The van der Waals surface area contributed by atoms with E-state index in [1.54, 1.807) is 38.4 Å². The van der Waals surface area contributed by atoms with Gasteiger partial charge in [0, 0.05) is 11.1 Å². The standard InChI is InChI=1S/C22H18N4O2/c1-13-21(22(27)26-18-5-3-4-6-20(18)28-2)25-19(12-24-13)15-7-9-16-14(11-15)8-10-17(16)23/h3-12,23H,1-2H3,(H,26,27). The Balaban J connectivity index is 1.67. The molecule has 28 heavy (non-hydrogen) atoms. The third-order valence-corrected chi connectivity index (χ3v) is 4.59. The average molecular weight is 370 g/mol. The van der Waals surface area contributed by atoms with E-state index in [4.69, 9.17) is 10.1 Å². The van der Waals surface area contributed by atoms with E-state index in [2.05, 4.69) is 15.3 Å². The summed E-state index contributed by atoms with van der Waals surface area (Å²) in [6.07, 6.45) is 5.32. The van der Waals surface area contributed by atoms with Crippen molar-refractivity contribution in [3.05, 3.63) is 77.3 Å². The maximum Gasteiger partial charge on any atom is 0.276 e. The Bertz CT molecular complexity index is 1140. The van der Waals surface area contributed by atoms with Gasteiger partial charge in [-0.05, 0) is 36.8 Å². The topological polar surface area (TPSA) is 88.0 Å². The molecule has 0 unspecified atom stereocenters. The molecule has 1 heterocycles. The van der Waals surface area contributed by atoms with Crippen LogP contribution in [0.1, 0.15) is 27.3 Å². The highest BCUT2D eigenvalue weighted by Crippen LogP contribution is 2.27. The van der Waals surface area contributed by atoms with Crippen molar-refractivity contribution in [3.8, 4) is 17.0 Å². The van der Waals surface area contributed by atoms with Crippen molar-refractivity contribution in [3.63, 3.8) is 0 Å². The second-order valence-corrected chi connectivity index (χ2v) is 6.39. The van der Waals surface area contributed by atoms with Crippen LogP contribution >= 0.6 is 0 Å². The van der Waals surface area contributed by atoms with Crippen LogP contribution in [0.3, 0.4) is 0 Å². The van der Waals surface area contributed by atoms with E-state index >= 15 is 0 Å². The smallest absolute Gasteiger partial charge is 0.276 e. The quantitative estimate of drug-likeness (QED) is 0.723. The number of aromatic nitrogens is 2. The number of ether oxygens (including phenoxy) is 1. The van der Waals surface area contributed by atoms with E-state index in [-0.39, 0.29) is 11.6 Å². The second kappa shape index (κ2) is 7.08. The SMILES string of the molecule is COc1ccccc1NC(=O)c1nc(-c2ccc3c(c2)C=CC3=N)cnc1C. The molecule has 0 fully saturated rings. The highest BCUT2D eigenvalue weighted by atomic mass is 16.5. The monoisotopic (exact) mass is 370 g/mol. The number of carbonyl (C=O) groups is 1. The first-order valence-corrected chi connectivity index (χ1v) is 8.76. The first kappa shape index (κ1) is 17.6. The van der Waals surface area contributed by atoms with E-state index < -0.39 is 0 Å². The molecule has 2 N–H and O–H groups in total. The Kier molecular flexibility index (Phi) is 4.45. The molecule has 0 spiro atoms. The van der Waals surface area contributed by atoms with Gasteiger partial charge in [-0.1, -0.05) is 30.3 Å². The van der Waals surface area contributed by atoms with Crippen molar-refractivity contribution in [1.82, 2.24) is 9.97 Å². The minimum Gasteiger partial charge on any atom is -0.495 e. The van der Waals surface area contributed by atoms with Crippen LogP contribution in [0.4, 0.5) is 5.69 Å². The van der Waals surface area contributed by atoms with E-state index in [1.807, 2.05) is 36.4 Å². The summed E-state index contributed by atoms with van der Waals surface area (Å²) < 4.78 is 5.28. The fourth-order valence-electron chi connectivity index (χ4n) is 3.10. The fraction of sp³-hybridized carbons (Fsp3) is 0.0909. The molecule has 0 atom stereocenters. The number of hydrogen-bond donors (Lipinski definition) is 2. The molecule has 1 aliphatic carbocycles. The number of para-hydroxylation sites is 2. The van der Waals surface area contributed by atoms with E-state index in [1.165, 1.54) is 0 Å². The molecule has 2 aromatic carbocycles. The lowest BCUT2D eigenvalue weighted by Gasteiger charge is -2.11. The number of nitrogens with zero attached hydrogens (tertiary/aromatic N) is 2. The number of nitrogens with one attached hydrogen (secondary N) is 2. The fourth-order valence-corrected chi connectivity index (χ4v) is 3.10. The summed E-state index contributed by atoms with van der Waals surface area (Å²) in [6, 6.07) is 12.9. The van der Waals surface area contributed by atoms with Gasteiger partial charge in [-0.2, -0.15) is 0 Å². The number of carbonyl (C=O) groups excluding carboxylic acids is 1. The van der Waals surface area contributed by atoms with Crippen LogP contribution in [0.5, 0.6) is 5.75 Å². The first-order chi connectivity index (χ1) is 13.6. The van der Waals surface area contributed by atoms with Crippen molar-refractivity contribution < 1.29 is 9.53 Å². The van der Waals surface area contributed by atoms with Gasteiger partial charge in [-0.15, -0.1) is 0 Å². The van der Waals surface area contributed by atoms with Gasteiger partial charge < -0.3 is 15.5 Å². The van der Waals surface area contributed by atoms with Crippen molar-refractivity contribution in [2.75, 3.05) is 12.4 Å². The zero-order valence-corrected chi connectivity index (χ0v) is 15.5. The van der Waals surface area contributed by atoms with Crippen LogP contribution < -0.4 is 10.1 Å². The van der Waals surface area contributed by atoms with Crippen LogP contribution in [0.2, 0.25) is 0 Å². The molecule has 4 rings (SSSR count). The zero-order valence-electron chi connectivity index (χ0n) is 15.5. The van der Waals surface area contributed by atoms with Gasteiger partial charge in [-0.25, -0.2) is 4.98 Å². The molecular weight excluding hydrogens is 352 g/mol. The average Bonchev–Trinajstić information content (AvgIpc) is 3.09. The minimum atomic E-state index is -0.348. The third kappa shape index (κ3) is 3.16. The summed E-state index contributed by atoms with van der Waals surface area (Å²) in [7, 11) is 1.55. The highest BCUT2D eigenvalue weighted by molar-refractivity contribution is 6.15. The largest absolute Gasteiger partial charge is 0.495 e. The summed E-state index contributed by atoms with van der Waals surface area (Å²) in [5.41, 5.74) is 5.16. The summed E-state index contributed by atoms with van der Waals surface area (Å²) in [5, 5.41) is 10.7. The third-order valence-electron chi connectivity index (χ3n) is 4.59. The van der Waals surface area contributed by atoms with Crippen LogP contribution in [0, 0.1) is 12.3 Å². The maximum atomic E-state index is 12.8. The molecule has 138 valence electrons. The van der Waals surface area contributed by atoms with E-state index in [0.717, 1.165) is 16.7 Å². The summed E-state index contributed by atoms with van der Waals surface area (Å²) in [4.78, 5) is 21.7. The second-order valence-electron chi connectivity index (χ2n) is 6.39. The molecule has 6 heteroatoms. The molecule has 0 saturated carbocycles. The number of fused-ring (bicyclic) bond motifs is 1. The van der Waals surface area contributed by atoms with Crippen molar-refractivity contribution in [1.29, 1.82) is 5.41 Å². The Hall–Kier alpha value is -3.80. The Labute approximate surface area is 162 Å². The van der Waals surface area contributed by atoms with Crippen LogP contribution in [-0.4, -0.2) is 28.7 Å². The molecule has 1 amide bonds. The van der Waals surface area contributed by atoms with Gasteiger partial charge in [0.25, 0.3) is 5.91 Å². The van der Waals surface area contributed by atoms with E-state index in [0.29, 0.717) is 28.5 Å². The van der Waals surface area contributed by atoms with Crippen LogP contribution in [0.25, 0.3) is 17.3 Å². The Morgan fingerprint density at radius 1 is 1.14 bits per heavy atom. The van der Waals surface area contributed by atoms with E-state index in [9.17, 15) is 4.79 Å². The van der Waals surface area contributed by atoms with Crippen LogP contribution in [0.15, 0.2) is 54.7 Å². The zero-order chi connectivity index (χ0) is 19.7. The molecular formula is C22H18N4O2. The van der Waals surface area contributed by atoms with Gasteiger partial charge in [0.05, 0.1) is 36.1 Å². The lowest BCUT2D eigenvalue weighted by atomic mass is 10.0. The summed E-state index contributed by atoms with van der Waals surface area (Å²) in [6.45, 7) is 1.75. The van der Waals surface area contributed by atoms with Gasteiger partial charge in [0.15, 0.2) is 0 Å². The van der Waals surface area contributed by atoms with Gasteiger partial charge in [0.1, 0.15) is 11.4 Å². The lowest BCUT2D eigenvalue weighted by Crippen LogP contribution is -2.17. The molecule has 1 aromatic heterocycles. The normalized spacial score (nSPS) is 12.0. The molecule has 6 nitrogen and oxygen atoms in total. The molecule has 3 aromatic rings. The number of aryl methyl sites for hydroxylation is 1. The number of amides is 1. The molecule has 0 aliphatic heterocycles. The Morgan fingerprint density at radius 2 is 1.96 bits per heavy atom. The van der Waals surface area contributed by atoms with Gasteiger partial charge in [-0.3, -0.25) is 9.78 Å². The number of benzene rings is 2. The number of allylic oxidation sites excluding steroid dienone is 1. The molecule has 0 saturated heterocycles. The predicted octanol–water partition coefficient (Wildman–Crippen LogP) is 4.11. The summed E-state index contributed by atoms with van der Waals surface area (Å²) in [5.74, 6) is 0.227. The number of methoxy groups -OCH3 is 1.